The minimum atomic E-state index is -0.719. The van der Waals surface area contributed by atoms with Crippen molar-refractivity contribution < 1.29 is 15.3 Å². The normalized spacial score (nSPS) is 33.1. The number of nitrogens with one attached hydrogen (secondary N) is 1. The molecule has 0 bridgehead atoms. The third-order valence-electron chi connectivity index (χ3n) is 3.32. The highest BCUT2D eigenvalue weighted by Gasteiger charge is 2.43. The molecule has 0 aromatic carbocycles. The smallest absolute Gasteiger partial charge is 0.106 e. The second-order valence-corrected chi connectivity index (χ2v) is 5.71. The molecule has 1 aliphatic carbocycles. The lowest BCUT2D eigenvalue weighted by molar-refractivity contribution is 0.0438. The summed E-state index contributed by atoms with van der Waals surface area (Å²) in [5.41, 5.74) is -0.407. The summed E-state index contributed by atoms with van der Waals surface area (Å²) in [4.78, 5) is 4.15. The van der Waals surface area contributed by atoms with Gasteiger partial charge in [-0.25, -0.2) is 4.98 Å². The van der Waals surface area contributed by atoms with Gasteiger partial charge in [-0.3, -0.25) is 0 Å². The second-order valence-electron chi connectivity index (χ2n) is 4.73. The van der Waals surface area contributed by atoms with Gasteiger partial charge in [0.15, 0.2) is 0 Å². The first-order chi connectivity index (χ1) is 8.15. The molecular formula is C11H18N2O3S. The van der Waals surface area contributed by atoms with Gasteiger partial charge in [0.05, 0.1) is 18.8 Å². The van der Waals surface area contributed by atoms with Crippen molar-refractivity contribution in [2.24, 2.45) is 5.41 Å². The average Bonchev–Trinajstić information content (AvgIpc) is 2.89. The molecule has 1 aromatic heterocycles. The highest BCUT2D eigenvalue weighted by Crippen LogP contribution is 2.37. The maximum absolute atomic E-state index is 9.55. The summed E-state index contributed by atoms with van der Waals surface area (Å²) in [6.45, 7) is 1.22. The van der Waals surface area contributed by atoms with Crippen molar-refractivity contribution in [3.8, 4) is 0 Å². The Hall–Kier alpha value is -0.530. The van der Waals surface area contributed by atoms with Crippen LogP contribution in [0.1, 0.15) is 17.8 Å². The summed E-state index contributed by atoms with van der Waals surface area (Å²) in [5.74, 6) is 0. The molecule has 1 heterocycles. The Morgan fingerprint density at radius 1 is 1.41 bits per heavy atom. The van der Waals surface area contributed by atoms with E-state index in [0.29, 0.717) is 25.9 Å². The summed E-state index contributed by atoms with van der Waals surface area (Å²) in [5, 5.41) is 34.7. The van der Waals surface area contributed by atoms with E-state index in [9.17, 15) is 15.3 Å². The van der Waals surface area contributed by atoms with Crippen LogP contribution in [0.5, 0.6) is 0 Å². The Morgan fingerprint density at radius 2 is 2.12 bits per heavy atom. The van der Waals surface area contributed by atoms with Crippen LogP contribution in [0.2, 0.25) is 0 Å². The van der Waals surface area contributed by atoms with Crippen LogP contribution in [0.4, 0.5) is 0 Å². The van der Waals surface area contributed by atoms with Crippen LogP contribution < -0.4 is 5.32 Å². The average molecular weight is 258 g/mol. The Labute approximate surface area is 104 Å². The fraction of sp³-hybridized carbons (Fsp3) is 0.727. The fourth-order valence-electron chi connectivity index (χ4n) is 2.35. The molecule has 96 valence electrons. The SMILES string of the molecule is OCC1(CNCc2nccs2)CC(O)C(O)C1. The number of hydrogen-bond donors (Lipinski definition) is 4. The summed E-state index contributed by atoms with van der Waals surface area (Å²) in [6, 6.07) is 0. The lowest BCUT2D eigenvalue weighted by Crippen LogP contribution is -2.35. The van der Waals surface area contributed by atoms with Crippen molar-refractivity contribution >= 4 is 11.3 Å². The van der Waals surface area contributed by atoms with Crippen LogP contribution in [-0.2, 0) is 6.54 Å². The zero-order chi connectivity index (χ0) is 12.3. The highest BCUT2D eigenvalue weighted by molar-refractivity contribution is 7.09. The lowest BCUT2D eigenvalue weighted by Gasteiger charge is -2.26. The van der Waals surface area contributed by atoms with Crippen molar-refractivity contribution in [3.05, 3.63) is 16.6 Å². The van der Waals surface area contributed by atoms with Crippen molar-refractivity contribution in [2.45, 2.75) is 31.6 Å². The predicted octanol–water partition coefficient (Wildman–Crippen LogP) is -0.273. The summed E-state index contributed by atoms with van der Waals surface area (Å²) in [7, 11) is 0. The molecule has 0 radical (unpaired) electrons. The van der Waals surface area contributed by atoms with Gasteiger partial charge in [-0.15, -0.1) is 11.3 Å². The summed E-state index contributed by atoms with van der Waals surface area (Å²) in [6.07, 6.45) is 1.20. The third kappa shape index (κ3) is 3.02. The predicted molar refractivity (Wildman–Crippen MR) is 64.6 cm³/mol. The quantitative estimate of drug-likeness (QED) is 0.584. The number of aromatic nitrogens is 1. The Morgan fingerprint density at radius 3 is 2.65 bits per heavy atom. The minimum absolute atomic E-state index is 0.0218. The molecule has 2 unspecified atom stereocenters. The number of thiazole rings is 1. The molecule has 5 nitrogen and oxygen atoms in total. The molecule has 4 N–H and O–H groups in total. The van der Waals surface area contributed by atoms with Crippen molar-refractivity contribution in [1.82, 2.24) is 10.3 Å². The molecule has 1 aromatic rings. The van der Waals surface area contributed by atoms with Gasteiger partial charge in [-0.1, -0.05) is 0 Å². The molecular weight excluding hydrogens is 240 g/mol. The molecule has 2 rings (SSSR count). The van der Waals surface area contributed by atoms with E-state index in [0.717, 1.165) is 5.01 Å². The number of rotatable bonds is 5. The van der Waals surface area contributed by atoms with Gasteiger partial charge in [-0.2, -0.15) is 0 Å². The van der Waals surface area contributed by atoms with E-state index < -0.39 is 17.6 Å². The molecule has 1 fully saturated rings. The van der Waals surface area contributed by atoms with E-state index in [1.807, 2.05) is 5.38 Å². The van der Waals surface area contributed by atoms with Crippen molar-refractivity contribution in [3.63, 3.8) is 0 Å². The fourth-order valence-corrected chi connectivity index (χ4v) is 2.93. The van der Waals surface area contributed by atoms with Gasteiger partial charge >= 0.3 is 0 Å². The van der Waals surface area contributed by atoms with Crippen LogP contribution >= 0.6 is 11.3 Å². The van der Waals surface area contributed by atoms with Gasteiger partial charge in [0.2, 0.25) is 0 Å². The molecule has 0 saturated heterocycles. The first kappa shape index (κ1) is 12.9. The first-order valence-corrected chi connectivity index (χ1v) is 6.59. The second kappa shape index (κ2) is 5.41. The van der Waals surface area contributed by atoms with Crippen LogP contribution in [0.15, 0.2) is 11.6 Å². The molecule has 1 aliphatic rings. The zero-order valence-electron chi connectivity index (χ0n) is 9.54. The van der Waals surface area contributed by atoms with Gasteiger partial charge < -0.3 is 20.6 Å². The largest absolute Gasteiger partial charge is 0.396 e. The van der Waals surface area contributed by atoms with E-state index in [1.54, 1.807) is 17.5 Å². The minimum Gasteiger partial charge on any atom is -0.396 e. The number of aliphatic hydroxyl groups excluding tert-OH is 3. The van der Waals surface area contributed by atoms with E-state index in [4.69, 9.17) is 0 Å². The van der Waals surface area contributed by atoms with Crippen LogP contribution in [-0.4, -0.2) is 45.7 Å². The van der Waals surface area contributed by atoms with Crippen molar-refractivity contribution in [1.29, 1.82) is 0 Å². The molecule has 2 atom stereocenters. The zero-order valence-corrected chi connectivity index (χ0v) is 10.4. The Kier molecular flexibility index (Phi) is 4.11. The first-order valence-electron chi connectivity index (χ1n) is 5.71. The topological polar surface area (TPSA) is 85.6 Å². The standard InChI is InChI=1S/C11H18N2O3S/c14-7-11(3-8(15)9(16)4-11)6-12-5-10-13-1-2-17-10/h1-2,8-9,12,14-16H,3-7H2. The summed E-state index contributed by atoms with van der Waals surface area (Å²) >= 11 is 1.58. The van der Waals surface area contributed by atoms with Gasteiger partial charge in [0.1, 0.15) is 5.01 Å². The van der Waals surface area contributed by atoms with Crippen LogP contribution in [0.3, 0.4) is 0 Å². The van der Waals surface area contributed by atoms with E-state index in [2.05, 4.69) is 10.3 Å². The maximum atomic E-state index is 9.55. The number of hydrogen-bond acceptors (Lipinski definition) is 6. The maximum Gasteiger partial charge on any atom is 0.106 e. The molecule has 6 heteroatoms. The lowest BCUT2D eigenvalue weighted by atomic mass is 9.87. The van der Waals surface area contributed by atoms with Gasteiger partial charge in [-0.05, 0) is 12.8 Å². The molecule has 0 spiro atoms. The van der Waals surface area contributed by atoms with Crippen molar-refractivity contribution in [2.75, 3.05) is 13.2 Å². The molecule has 0 aliphatic heterocycles. The number of aliphatic hydroxyl groups is 3. The molecule has 1 saturated carbocycles. The summed E-state index contributed by atoms with van der Waals surface area (Å²) < 4.78 is 0. The van der Waals surface area contributed by atoms with Crippen LogP contribution in [0.25, 0.3) is 0 Å². The van der Waals surface area contributed by atoms with Crippen LogP contribution in [0, 0.1) is 5.41 Å². The third-order valence-corrected chi connectivity index (χ3v) is 4.10. The van der Waals surface area contributed by atoms with E-state index in [1.165, 1.54) is 0 Å². The monoisotopic (exact) mass is 258 g/mol. The molecule has 17 heavy (non-hydrogen) atoms. The van der Waals surface area contributed by atoms with E-state index in [-0.39, 0.29) is 6.61 Å². The molecule has 0 amide bonds. The Balaban J connectivity index is 1.84. The van der Waals surface area contributed by atoms with E-state index >= 15 is 0 Å². The number of nitrogens with zero attached hydrogens (tertiary/aromatic N) is 1. The van der Waals surface area contributed by atoms with Gasteiger partial charge in [0.25, 0.3) is 0 Å². The Bertz CT molecular complexity index is 334. The highest BCUT2D eigenvalue weighted by atomic mass is 32.1. The van der Waals surface area contributed by atoms with Gasteiger partial charge in [0, 0.05) is 30.1 Å².